The summed E-state index contributed by atoms with van der Waals surface area (Å²) in [5.41, 5.74) is 4.00. The van der Waals surface area contributed by atoms with Gasteiger partial charge < -0.3 is 20.1 Å². The molecule has 42 heavy (non-hydrogen) atoms. The van der Waals surface area contributed by atoms with E-state index in [0.29, 0.717) is 17.9 Å². The Kier molecular flexibility index (Phi) is 10.7. The van der Waals surface area contributed by atoms with Gasteiger partial charge in [-0.2, -0.15) is 0 Å². The molecule has 0 aromatic heterocycles. The van der Waals surface area contributed by atoms with Gasteiger partial charge in [0.1, 0.15) is 25.0 Å². The van der Waals surface area contributed by atoms with Crippen LogP contribution in [0.5, 0.6) is 5.75 Å². The monoisotopic (exact) mass is 587 g/mol. The van der Waals surface area contributed by atoms with E-state index in [0.717, 1.165) is 28.5 Å². The maximum absolute atomic E-state index is 13.3. The van der Waals surface area contributed by atoms with Crippen LogP contribution in [0.15, 0.2) is 109 Å². The minimum atomic E-state index is -3.30. The molecule has 0 unspecified atom stereocenters. The fourth-order valence-electron chi connectivity index (χ4n) is 3.96. The lowest BCUT2D eigenvalue weighted by atomic mass is 10.1. The molecule has 0 spiro atoms. The normalized spacial score (nSPS) is 11.7. The first-order valence-electron chi connectivity index (χ1n) is 13.3. The first kappa shape index (κ1) is 30.3. The second kappa shape index (κ2) is 14.8. The average molecular weight is 588 g/mol. The lowest BCUT2D eigenvalue weighted by molar-refractivity contribution is -0.123. The van der Waals surface area contributed by atoms with Crippen molar-refractivity contribution in [3.8, 4) is 5.75 Å². The highest BCUT2D eigenvalue weighted by atomic mass is 32.2. The molecule has 4 rings (SSSR count). The number of hydrogen-bond acceptors (Lipinski definition) is 6. The van der Waals surface area contributed by atoms with Crippen molar-refractivity contribution in [2.45, 2.75) is 32.3 Å². The molecule has 1 atom stereocenters. The molecule has 218 valence electrons. The van der Waals surface area contributed by atoms with Gasteiger partial charge in [0.05, 0.1) is 6.26 Å². The van der Waals surface area contributed by atoms with Gasteiger partial charge in [-0.05, 0) is 39.9 Å². The molecule has 4 aromatic rings. The summed E-state index contributed by atoms with van der Waals surface area (Å²) in [5, 5.41) is 5.54. The van der Waals surface area contributed by atoms with E-state index in [1.165, 1.54) is 0 Å². The third-order valence-corrected chi connectivity index (χ3v) is 6.90. The highest BCUT2D eigenvalue weighted by molar-refractivity contribution is 7.88. The quantitative estimate of drug-likeness (QED) is 0.210. The van der Waals surface area contributed by atoms with Gasteiger partial charge in [0.25, 0.3) is 0 Å². The van der Waals surface area contributed by atoms with E-state index >= 15 is 0 Å². The maximum atomic E-state index is 13.3. The molecule has 0 bridgehead atoms. The minimum Gasteiger partial charge on any atom is -0.489 e. The Labute approximate surface area is 245 Å². The van der Waals surface area contributed by atoms with Crippen LogP contribution in [0, 0.1) is 0 Å². The first-order valence-corrected chi connectivity index (χ1v) is 15.2. The van der Waals surface area contributed by atoms with Crippen molar-refractivity contribution < 1.29 is 27.5 Å². The van der Waals surface area contributed by atoms with Crippen LogP contribution in [0.3, 0.4) is 0 Å². The Bertz CT molecular complexity index is 1550. The highest BCUT2D eigenvalue weighted by Crippen LogP contribution is 2.20. The number of carbonyl (C=O) groups excluding carboxylic acids is 2. The van der Waals surface area contributed by atoms with Gasteiger partial charge in [0, 0.05) is 13.1 Å². The Morgan fingerprint density at radius 2 is 1.24 bits per heavy atom. The predicted octanol–water partition coefficient (Wildman–Crippen LogP) is 4.60. The highest BCUT2D eigenvalue weighted by Gasteiger charge is 2.23. The number of sulfonamides is 1. The summed E-state index contributed by atoms with van der Waals surface area (Å²) in [4.78, 5) is 26.0. The van der Waals surface area contributed by atoms with Crippen molar-refractivity contribution in [2.75, 3.05) is 6.26 Å². The van der Waals surface area contributed by atoms with E-state index in [9.17, 15) is 18.0 Å². The molecule has 2 amide bonds. The molecule has 4 aromatic carbocycles. The van der Waals surface area contributed by atoms with Crippen molar-refractivity contribution in [3.05, 3.63) is 137 Å². The van der Waals surface area contributed by atoms with Gasteiger partial charge in [0.15, 0.2) is 0 Å². The number of rotatable bonds is 13. The Morgan fingerprint density at radius 3 is 1.81 bits per heavy atom. The van der Waals surface area contributed by atoms with Gasteiger partial charge >= 0.3 is 6.09 Å². The summed E-state index contributed by atoms with van der Waals surface area (Å²) in [6.07, 6.45) is 0.371. The number of hydrogen-bond donors (Lipinski definition) is 3. The minimum absolute atomic E-state index is 0.0633. The van der Waals surface area contributed by atoms with E-state index in [2.05, 4.69) is 15.4 Å². The van der Waals surface area contributed by atoms with E-state index in [1.807, 2.05) is 60.7 Å². The van der Waals surface area contributed by atoms with E-state index in [1.54, 1.807) is 48.5 Å². The topological polar surface area (TPSA) is 123 Å². The number of amides is 2. The smallest absolute Gasteiger partial charge is 0.408 e. The lowest BCUT2D eigenvalue weighted by Crippen LogP contribution is -2.40. The van der Waals surface area contributed by atoms with Crippen LogP contribution in [0.25, 0.3) is 0 Å². The number of benzene rings is 4. The summed E-state index contributed by atoms with van der Waals surface area (Å²) < 4.78 is 36.3. The number of ether oxygens (including phenoxy) is 2. The summed E-state index contributed by atoms with van der Waals surface area (Å²) in [5.74, 6) is 0.200. The molecule has 9 nitrogen and oxygen atoms in total. The van der Waals surface area contributed by atoms with Gasteiger partial charge in [-0.25, -0.2) is 17.9 Å². The van der Waals surface area contributed by atoms with Gasteiger partial charge in [-0.15, -0.1) is 0 Å². The predicted molar refractivity (Wildman–Crippen MR) is 160 cm³/mol. The standard InChI is InChI=1S/C32H33N3O6S/c1-42(38,39)34-21-25-14-12-24(13-15-25)20-33-31(36)30(35-32(37)41-23-27-10-6-3-7-11-27)28-16-18-29(19-17-28)40-22-26-8-4-2-5-9-26/h2-19,30,34H,20-23H2,1H3,(H,33,36)(H,35,37)/t30-/m0/s1. The zero-order valence-electron chi connectivity index (χ0n) is 23.2. The third kappa shape index (κ3) is 10.1. The second-order valence-corrected chi connectivity index (χ2v) is 11.4. The number of alkyl carbamates (subject to hydrolysis) is 1. The molecule has 0 fully saturated rings. The van der Waals surface area contributed by atoms with Crippen molar-refractivity contribution in [1.82, 2.24) is 15.4 Å². The summed E-state index contributed by atoms with van der Waals surface area (Å²) in [6, 6.07) is 32.1. The second-order valence-electron chi connectivity index (χ2n) is 9.61. The van der Waals surface area contributed by atoms with Crippen molar-refractivity contribution >= 4 is 22.0 Å². The molecule has 0 aliphatic rings. The van der Waals surface area contributed by atoms with Crippen LogP contribution in [0.4, 0.5) is 4.79 Å². The molecule has 0 aliphatic heterocycles. The van der Waals surface area contributed by atoms with Gasteiger partial charge in [0.2, 0.25) is 15.9 Å². The molecule has 0 heterocycles. The summed E-state index contributed by atoms with van der Waals surface area (Å²) in [7, 11) is -3.30. The van der Waals surface area contributed by atoms with Crippen molar-refractivity contribution in [3.63, 3.8) is 0 Å². The Balaban J connectivity index is 1.40. The van der Waals surface area contributed by atoms with Crippen molar-refractivity contribution in [1.29, 1.82) is 0 Å². The molecule has 3 N–H and O–H groups in total. The van der Waals surface area contributed by atoms with E-state index in [4.69, 9.17) is 9.47 Å². The molecule has 0 saturated carbocycles. The lowest BCUT2D eigenvalue weighted by Gasteiger charge is -2.19. The zero-order chi connectivity index (χ0) is 29.8. The van der Waals surface area contributed by atoms with Crippen LogP contribution in [0.1, 0.15) is 33.9 Å². The van der Waals surface area contributed by atoms with Gasteiger partial charge in [-0.1, -0.05) is 97.1 Å². The Morgan fingerprint density at radius 1 is 0.690 bits per heavy atom. The number of carbonyl (C=O) groups is 2. The fraction of sp³-hybridized carbons (Fsp3) is 0.188. The SMILES string of the molecule is CS(=O)(=O)NCc1ccc(CNC(=O)[C@@H](NC(=O)OCc2ccccc2)c2ccc(OCc3ccccc3)cc2)cc1. The van der Waals surface area contributed by atoms with Crippen LogP contribution in [0.2, 0.25) is 0 Å². The Hall–Kier alpha value is -4.67. The molecule has 0 radical (unpaired) electrons. The summed E-state index contributed by atoms with van der Waals surface area (Å²) >= 11 is 0. The fourth-order valence-corrected chi connectivity index (χ4v) is 4.39. The largest absolute Gasteiger partial charge is 0.489 e. The molecular weight excluding hydrogens is 554 g/mol. The van der Waals surface area contributed by atoms with E-state index < -0.39 is 28.1 Å². The zero-order valence-corrected chi connectivity index (χ0v) is 24.0. The van der Waals surface area contributed by atoms with Crippen LogP contribution < -0.4 is 20.1 Å². The molecule has 0 saturated heterocycles. The average Bonchev–Trinajstić information content (AvgIpc) is 3.01. The summed E-state index contributed by atoms with van der Waals surface area (Å²) in [6.45, 7) is 0.840. The maximum Gasteiger partial charge on any atom is 0.408 e. The van der Waals surface area contributed by atoms with Crippen molar-refractivity contribution in [2.24, 2.45) is 0 Å². The van der Waals surface area contributed by atoms with Crippen LogP contribution in [-0.4, -0.2) is 26.7 Å². The van der Waals surface area contributed by atoms with E-state index in [-0.39, 0.29) is 19.7 Å². The van der Waals surface area contributed by atoms with Crippen LogP contribution in [-0.2, 0) is 45.9 Å². The molecule has 0 aliphatic carbocycles. The first-order chi connectivity index (χ1) is 20.2. The van der Waals surface area contributed by atoms with Crippen LogP contribution >= 0.6 is 0 Å². The molecular formula is C32H33N3O6S. The molecule has 10 heteroatoms. The third-order valence-electron chi connectivity index (χ3n) is 6.23. The number of nitrogens with one attached hydrogen (secondary N) is 3. The van der Waals surface area contributed by atoms with Gasteiger partial charge in [-0.3, -0.25) is 4.79 Å².